The van der Waals surface area contributed by atoms with Gasteiger partial charge in [0.05, 0.1) is 12.4 Å². The van der Waals surface area contributed by atoms with Crippen LogP contribution in [0.15, 0.2) is 12.4 Å². The van der Waals surface area contributed by atoms with Crippen molar-refractivity contribution >= 4 is 11.6 Å². The Labute approximate surface area is 102 Å². The smallest absolute Gasteiger partial charge is 0.160 e. The van der Waals surface area contributed by atoms with Crippen molar-refractivity contribution in [3.63, 3.8) is 0 Å². The molecule has 6 nitrogen and oxygen atoms in total. The number of piperazine rings is 1. The highest BCUT2D eigenvalue weighted by atomic mass is 15.3. The lowest BCUT2D eigenvalue weighted by Gasteiger charge is -2.39. The fraction of sp³-hybridized carbons (Fsp3) is 0.636. The first-order valence-electron chi connectivity index (χ1n) is 5.98. The molecule has 0 aromatic carbocycles. The first-order chi connectivity index (χ1) is 8.24. The third-order valence-electron chi connectivity index (χ3n) is 3.34. The van der Waals surface area contributed by atoms with Crippen LogP contribution in [0.4, 0.5) is 11.6 Å². The highest BCUT2D eigenvalue weighted by Crippen LogP contribution is 2.17. The maximum atomic E-state index is 5.34. The van der Waals surface area contributed by atoms with E-state index >= 15 is 0 Å². The number of aromatic nitrogens is 2. The molecule has 0 spiro atoms. The highest BCUT2D eigenvalue weighted by molar-refractivity contribution is 5.43. The molecule has 2 rings (SSSR count). The Bertz CT molecular complexity index is 369. The van der Waals surface area contributed by atoms with Crippen molar-refractivity contribution in [2.45, 2.75) is 19.4 Å². The minimum Gasteiger partial charge on any atom is -0.352 e. The Morgan fingerprint density at radius 2 is 2.29 bits per heavy atom. The van der Waals surface area contributed by atoms with Gasteiger partial charge in [-0.1, -0.05) is 6.92 Å². The van der Waals surface area contributed by atoms with Crippen LogP contribution in [0.2, 0.25) is 0 Å². The number of nitrogens with zero attached hydrogens (tertiary/aromatic N) is 4. The minimum atomic E-state index is 0.583. The molecule has 0 amide bonds. The van der Waals surface area contributed by atoms with Crippen molar-refractivity contribution < 1.29 is 0 Å². The van der Waals surface area contributed by atoms with Gasteiger partial charge >= 0.3 is 0 Å². The number of hydrogen-bond donors (Lipinski definition) is 2. The highest BCUT2D eigenvalue weighted by Gasteiger charge is 2.23. The van der Waals surface area contributed by atoms with Crippen LogP contribution in [0, 0.1) is 0 Å². The molecule has 1 unspecified atom stereocenters. The van der Waals surface area contributed by atoms with Crippen LogP contribution in [-0.2, 0) is 0 Å². The molecule has 0 aliphatic carbocycles. The van der Waals surface area contributed by atoms with Crippen LogP contribution in [0.3, 0.4) is 0 Å². The molecule has 6 heteroatoms. The number of nitrogens with two attached hydrogens (primary N) is 1. The maximum Gasteiger partial charge on any atom is 0.160 e. The van der Waals surface area contributed by atoms with Gasteiger partial charge in [0.2, 0.25) is 0 Å². The second-order valence-corrected chi connectivity index (χ2v) is 4.40. The maximum absolute atomic E-state index is 5.34. The molecule has 0 radical (unpaired) electrons. The summed E-state index contributed by atoms with van der Waals surface area (Å²) in [6, 6.07) is 0.583. The van der Waals surface area contributed by atoms with E-state index in [2.05, 4.69) is 39.2 Å². The van der Waals surface area contributed by atoms with Gasteiger partial charge in [-0.05, 0) is 13.5 Å². The zero-order chi connectivity index (χ0) is 12.3. The second kappa shape index (κ2) is 5.29. The summed E-state index contributed by atoms with van der Waals surface area (Å²) in [5.41, 5.74) is 2.53. The van der Waals surface area contributed by atoms with E-state index in [4.69, 9.17) is 5.84 Å². The van der Waals surface area contributed by atoms with E-state index in [0.717, 1.165) is 31.9 Å². The van der Waals surface area contributed by atoms with Crippen molar-refractivity contribution in [2.24, 2.45) is 5.84 Å². The number of nitrogens with one attached hydrogen (secondary N) is 1. The van der Waals surface area contributed by atoms with Crippen LogP contribution in [0.1, 0.15) is 13.3 Å². The molecule has 3 N–H and O–H groups in total. The predicted octanol–water partition coefficient (Wildman–Crippen LogP) is 0.293. The van der Waals surface area contributed by atoms with Crippen LogP contribution >= 0.6 is 0 Å². The van der Waals surface area contributed by atoms with Crippen LogP contribution in [-0.4, -0.2) is 47.6 Å². The zero-order valence-electron chi connectivity index (χ0n) is 10.4. The van der Waals surface area contributed by atoms with Crippen molar-refractivity contribution in [1.29, 1.82) is 0 Å². The van der Waals surface area contributed by atoms with Gasteiger partial charge in [-0.3, -0.25) is 9.88 Å². The Balaban J connectivity index is 2.11. The molecule has 1 aromatic heterocycles. The standard InChI is InChI=1S/C11H20N6/c1-3-9-8-17(5-4-16(9)2)11-7-13-6-10(14-11)15-12/h6-7,9H,3-5,8,12H2,1-2H3,(H,14,15). The van der Waals surface area contributed by atoms with Gasteiger partial charge in [0, 0.05) is 25.7 Å². The molecule has 0 saturated carbocycles. The van der Waals surface area contributed by atoms with Crippen molar-refractivity contribution in [2.75, 3.05) is 37.0 Å². The summed E-state index contributed by atoms with van der Waals surface area (Å²) < 4.78 is 0. The summed E-state index contributed by atoms with van der Waals surface area (Å²) in [5, 5.41) is 0. The molecule has 1 saturated heterocycles. The third kappa shape index (κ3) is 2.65. The number of nitrogen functional groups attached to an aromatic ring is 1. The number of anilines is 2. The first-order valence-corrected chi connectivity index (χ1v) is 5.98. The van der Waals surface area contributed by atoms with Crippen LogP contribution in [0.25, 0.3) is 0 Å². The van der Waals surface area contributed by atoms with Gasteiger partial charge in [-0.15, -0.1) is 0 Å². The first kappa shape index (κ1) is 12.1. The van der Waals surface area contributed by atoms with Gasteiger partial charge in [0.15, 0.2) is 5.82 Å². The van der Waals surface area contributed by atoms with Gasteiger partial charge in [0.25, 0.3) is 0 Å². The molecule has 1 atom stereocenters. The SMILES string of the molecule is CCC1CN(c2cncc(NN)n2)CCN1C. The Morgan fingerprint density at radius 3 is 3.00 bits per heavy atom. The molecule has 1 aliphatic heterocycles. The average molecular weight is 236 g/mol. The van der Waals surface area contributed by atoms with Crippen LogP contribution < -0.4 is 16.2 Å². The summed E-state index contributed by atoms with van der Waals surface area (Å²) in [7, 11) is 2.18. The lowest BCUT2D eigenvalue weighted by atomic mass is 10.1. The van der Waals surface area contributed by atoms with Crippen molar-refractivity contribution in [3.8, 4) is 0 Å². The van der Waals surface area contributed by atoms with Gasteiger partial charge in [-0.25, -0.2) is 10.8 Å². The van der Waals surface area contributed by atoms with E-state index in [-0.39, 0.29) is 0 Å². The molecule has 1 aliphatic rings. The lowest BCUT2D eigenvalue weighted by molar-refractivity contribution is 0.213. The average Bonchev–Trinajstić information content (AvgIpc) is 2.39. The molecule has 94 valence electrons. The summed E-state index contributed by atoms with van der Waals surface area (Å²) in [4.78, 5) is 13.2. The van der Waals surface area contributed by atoms with Crippen LogP contribution in [0.5, 0.6) is 0 Å². The summed E-state index contributed by atoms with van der Waals surface area (Å²) in [6.07, 6.45) is 4.56. The Morgan fingerprint density at radius 1 is 1.47 bits per heavy atom. The van der Waals surface area contributed by atoms with E-state index < -0.39 is 0 Å². The van der Waals surface area contributed by atoms with Gasteiger partial charge in [0.1, 0.15) is 5.82 Å². The molecule has 2 heterocycles. The molecular weight excluding hydrogens is 216 g/mol. The number of hydrogen-bond acceptors (Lipinski definition) is 6. The fourth-order valence-corrected chi connectivity index (χ4v) is 2.17. The Hall–Kier alpha value is -1.40. The largest absolute Gasteiger partial charge is 0.352 e. The molecule has 1 fully saturated rings. The number of likely N-dealkylation sites (N-methyl/N-ethyl adjacent to an activating group) is 1. The van der Waals surface area contributed by atoms with E-state index in [9.17, 15) is 0 Å². The Kier molecular flexibility index (Phi) is 3.75. The number of hydrazine groups is 1. The van der Waals surface area contributed by atoms with E-state index in [1.54, 1.807) is 12.4 Å². The van der Waals surface area contributed by atoms with Gasteiger partial charge in [-0.2, -0.15) is 0 Å². The summed E-state index contributed by atoms with van der Waals surface area (Å²) >= 11 is 0. The predicted molar refractivity (Wildman–Crippen MR) is 68.8 cm³/mol. The second-order valence-electron chi connectivity index (χ2n) is 4.40. The molecule has 17 heavy (non-hydrogen) atoms. The van der Waals surface area contributed by atoms with Crippen molar-refractivity contribution in [3.05, 3.63) is 12.4 Å². The summed E-state index contributed by atoms with van der Waals surface area (Å²) in [6.45, 7) is 5.25. The van der Waals surface area contributed by atoms with E-state index in [1.807, 2.05) is 0 Å². The normalized spacial score (nSPS) is 21.6. The number of rotatable bonds is 3. The monoisotopic (exact) mass is 236 g/mol. The third-order valence-corrected chi connectivity index (χ3v) is 3.34. The van der Waals surface area contributed by atoms with Crippen molar-refractivity contribution in [1.82, 2.24) is 14.9 Å². The summed E-state index contributed by atoms with van der Waals surface area (Å²) in [5.74, 6) is 6.85. The minimum absolute atomic E-state index is 0.583. The molecular formula is C11H20N6. The molecule has 1 aromatic rings. The van der Waals surface area contributed by atoms with Gasteiger partial charge < -0.3 is 10.3 Å². The quantitative estimate of drug-likeness (QED) is 0.581. The lowest BCUT2D eigenvalue weighted by Crippen LogP contribution is -2.51. The molecule has 0 bridgehead atoms. The van der Waals surface area contributed by atoms with E-state index in [1.165, 1.54) is 0 Å². The zero-order valence-corrected chi connectivity index (χ0v) is 10.4. The fourth-order valence-electron chi connectivity index (χ4n) is 2.17. The van der Waals surface area contributed by atoms with E-state index in [0.29, 0.717) is 11.9 Å². The topological polar surface area (TPSA) is 70.3 Å².